The molecule has 326 valence electrons. The minimum atomic E-state index is -1.86. The van der Waals surface area contributed by atoms with Crippen LogP contribution >= 0.6 is 0 Å². The molecule has 0 aromatic carbocycles. The molecule has 0 bridgehead atoms. The Morgan fingerprint density at radius 2 is 1.63 bits per heavy atom. The third-order valence-electron chi connectivity index (χ3n) is 11.6. The van der Waals surface area contributed by atoms with Gasteiger partial charge in [-0.2, -0.15) is 0 Å². The van der Waals surface area contributed by atoms with Gasteiger partial charge in [0.25, 0.3) is 0 Å². The smallest absolute Gasteiger partial charge is 0.333 e. The number of hydrogen-bond donors (Lipinski definition) is 5. The molecular weight excluding hydrogens is 736 g/mol. The number of methoxy groups -OCH3 is 3. The second-order valence-electron chi connectivity index (χ2n) is 16.5. The molecule has 3 rings (SSSR count). The summed E-state index contributed by atoms with van der Waals surface area (Å²) in [6.07, 6.45) is 5.31. The molecule has 0 spiro atoms. The van der Waals surface area contributed by atoms with Gasteiger partial charge in [-0.15, -0.1) is 0 Å². The van der Waals surface area contributed by atoms with Crippen molar-refractivity contribution in [2.24, 2.45) is 17.8 Å². The van der Waals surface area contributed by atoms with Gasteiger partial charge >= 0.3 is 5.97 Å². The lowest BCUT2D eigenvalue weighted by Gasteiger charge is -2.49. The van der Waals surface area contributed by atoms with E-state index in [1.807, 2.05) is 58.9 Å². The third-order valence-corrected chi connectivity index (χ3v) is 11.6. The van der Waals surface area contributed by atoms with E-state index in [0.717, 1.165) is 29.6 Å². The van der Waals surface area contributed by atoms with Crippen LogP contribution in [0.3, 0.4) is 0 Å². The van der Waals surface area contributed by atoms with Gasteiger partial charge in [0, 0.05) is 63.9 Å². The van der Waals surface area contributed by atoms with Crippen molar-refractivity contribution in [2.75, 3.05) is 27.9 Å². The molecule has 2 fully saturated rings. The molecule has 0 amide bonds. The number of esters is 1. The van der Waals surface area contributed by atoms with Crippen LogP contribution in [-0.2, 0) is 38.0 Å². The molecule has 0 unspecified atom stereocenters. The van der Waals surface area contributed by atoms with E-state index in [0.29, 0.717) is 12.0 Å². The second kappa shape index (κ2) is 22.9. The number of rotatable bonds is 10. The summed E-state index contributed by atoms with van der Waals surface area (Å²) in [5.41, 5.74) is 3.06. The molecule has 3 heterocycles. The highest BCUT2D eigenvalue weighted by Crippen LogP contribution is 2.41. The molecule has 0 saturated carbocycles. The second-order valence-corrected chi connectivity index (χ2v) is 16.5. The molecule has 5 N–H and O–H groups in total. The van der Waals surface area contributed by atoms with Crippen LogP contribution in [0.2, 0.25) is 0 Å². The molecular formula is C44H72O13. The minimum Gasteiger partial charge on any atom is -0.459 e. The van der Waals surface area contributed by atoms with Crippen LogP contribution in [0, 0.1) is 17.8 Å². The van der Waals surface area contributed by atoms with Crippen molar-refractivity contribution in [1.82, 2.24) is 0 Å². The zero-order chi connectivity index (χ0) is 42.6. The van der Waals surface area contributed by atoms with E-state index in [1.54, 1.807) is 34.0 Å². The predicted octanol–water partition coefficient (Wildman–Crippen LogP) is 4.84. The number of allylic oxidation sites excluding steroid dienone is 7. The Morgan fingerprint density at radius 1 is 0.930 bits per heavy atom. The Morgan fingerprint density at radius 3 is 2.28 bits per heavy atom. The van der Waals surface area contributed by atoms with Crippen molar-refractivity contribution in [2.45, 2.75) is 167 Å². The van der Waals surface area contributed by atoms with Crippen LogP contribution in [0.25, 0.3) is 0 Å². The molecule has 3 aliphatic rings. The first-order chi connectivity index (χ1) is 26.8. The van der Waals surface area contributed by atoms with E-state index < -0.39 is 78.9 Å². The van der Waals surface area contributed by atoms with Gasteiger partial charge in [-0.05, 0) is 60.0 Å². The quantitative estimate of drug-likeness (QED) is 0.189. The van der Waals surface area contributed by atoms with Gasteiger partial charge in [-0.3, -0.25) is 0 Å². The fourth-order valence-corrected chi connectivity index (χ4v) is 8.11. The van der Waals surface area contributed by atoms with Gasteiger partial charge in [0.05, 0.1) is 43.2 Å². The maximum atomic E-state index is 13.7. The van der Waals surface area contributed by atoms with Crippen molar-refractivity contribution in [3.8, 4) is 0 Å². The van der Waals surface area contributed by atoms with E-state index in [2.05, 4.69) is 6.08 Å². The van der Waals surface area contributed by atoms with Crippen LogP contribution in [0.4, 0.5) is 0 Å². The summed E-state index contributed by atoms with van der Waals surface area (Å²) in [6, 6.07) is 0. The number of aliphatic hydroxyl groups excluding tert-OH is 4. The largest absolute Gasteiger partial charge is 0.459 e. The van der Waals surface area contributed by atoms with Gasteiger partial charge in [0.2, 0.25) is 0 Å². The number of ether oxygens (including phenoxy) is 7. The zero-order valence-corrected chi connectivity index (χ0v) is 36.0. The number of carbonyl (C=O) groups is 1. The maximum Gasteiger partial charge on any atom is 0.333 e. The first kappa shape index (κ1) is 49.1. The summed E-state index contributed by atoms with van der Waals surface area (Å²) in [5.74, 6) is -3.69. The van der Waals surface area contributed by atoms with Gasteiger partial charge in [-0.1, -0.05) is 67.9 Å². The topological polar surface area (TPSA) is 183 Å². The molecule has 0 radical (unpaired) electrons. The van der Waals surface area contributed by atoms with Crippen molar-refractivity contribution < 1.29 is 63.5 Å². The summed E-state index contributed by atoms with van der Waals surface area (Å²) < 4.78 is 41.1. The Bertz CT molecular complexity index is 1420. The van der Waals surface area contributed by atoms with Crippen LogP contribution in [0.1, 0.15) is 93.9 Å². The van der Waals surface area contributed by atoms with Gasteiger partial charge in [0.1, 0.15) is 24.4 Å². The highest BCUT2D eigenvalue weighted by atomic mass is 16.7. The van der Waals surface area contributed by atoms with Crippen LogP contribution < -0.4 is 0 Å². The average molecular weight is 809 g/mol. The average Bonchev–Trinajstić information content (AvgIpc) is 3.14. The number of aliphatic hydroxyl groups is 5. The first-order valence-corrected chi connectivity index (χ1v) is 20.4. The molecule has 3 aliphatic heterocycles. The lowest BCUT2D eigenvalue weighted by Crippen LogP contribution is -2.59. The van der Waals surface area contributed by atoms with Crippen molar-refractivity contribution in [1.29, 1.82) is 0 Å². The molecule has 57 heavy (non-hydrogen) atoms. The SMILES string of the molecule is COC[C@H](O)C[C@H]1O[C@@](O)(C[C@@H]2C[C@H](OC)CCC/C=C(C)/C=C/[C@@H](O[C@@H]3O[C@@H](C)[C@H](OC)[C@@H](O)[C@H]3O)[C@H](C)/C=C(C)/C=C(C)/C=C(\C)C(=O)O2)[C@H](C)[C@@H](O)[C@H]1C. The van der Waals surface area contributed by atoms with E-state index in [1.165, 1.54) is 14.2 Å². The number of hydrogen-bond acceptors (Lipinski definition) is 13. The summed E-state index contributed by atoms with van der Waals surface area (Å²) in [7, 11) is 4.56. The van der Waals surface area contributed by atoms with Crippen molar-refractivity contribution in [3.05, 3.63) is 58.7 Å². The number of carbonyl (C=O) groups excluding carboxylic acids is 1. The monoisotopic (exact) mass is 808 g/mol. The van der Waals surface area contributed by atoms with Gasteiger partial charge < -0.3 is 58.7 Å². The predicted molar refractivity (Wildman–Crippen MR) is 216 cm³/mol. The van der Waals surface area contributed by atoms with Gasteiger partial charge in [-0.25, -0.2) is 4.79 Å². The fraction of sp³-hybridized carbons (Fsp3) is 0.750. The molecule has 15 atom stereocenters. The molecule has 0 aliphatic carbocycles. The zero-order valence-electron chi connectivity index (χ0n) is 36.0. The van der Waals surface area contributed by atoms with Crippen LogP contribution in [-0.4, -0.2) is 133 Å². The summed E-state index contributed by atoms with van der Waals surface area (Å²) >= 11 is 0. The van der Waals surface area contributed by atoms with E-state index >= 15 is 0 Å². The molecule has 0 aromatic heterocycles. The molecule has 0 aromatic rings. The summed E-state index contributed by atoms with van der Waals surface area (Å²) in [4.78, 5) is 13.7. The Balaban J connectivity index is 1.93. The minimum absolute atomic E-state index is 0.0855. The molecule has 13 heteroatoms. The van der Waals surface area contributed by atoms with E-state index in [-0.39, 0.29) is 43.8 Å². The summed E-state index contributed by atoms with van der Waals surface area (Å²) in [6.45, 7) is 14.9. The normalized spacial score (nSPS) is 43.2. The van der Waals surface area contributed by atoms with Crippen LogP contribution in [0.5, 0.6) is 0 Å². The fourth-order valence-electron chi connectivity index (χ4n) is 8.11. The Hall–Kier alpha value is -2.27. The Labute approximate surface area is 340 Å². The third kappa shape index (κ3) is 14.2. The summed E-state index contributed by atoms with van der Waals surface area (Å²) in [5, 5.41) is 55.3. The van der Waals surface area contributed by atoms with E-state index in [9.17, 15) is 30.3 Å². The Kier molecular flexibility index (Phi) is 19.7. The van der Waals surface area contributed by atoms with Gasteiger partial charge in [0.15, 0.2) is 12.1 Å². The van der Waals surface area contributed by atoms with Crippen molar-refractivity contribution in [3.63, 3.8) is 0 Å². The molecule has 2 saturated heterocycles. The highest BCUT2D eigenvalue weighted by molar-refractivity contribution is 5.88. The lowest BCUT2D eigenvalue weighted by molar-refractivity contribution is -0.329. The van der Waals surface area contributed by atoms with Crippen molar-refractivity contribution >= 4 is 5.97 Å². The lowest BCUT2D eigenvalue weighted by atomic mass is 9.77. The maximum absolute atomic E-state index is 13.7. The van der Waals surface area contributed by atoms with Crippen LogP contribution in [0.15, 0.2) is 58.7 Å². The van der Waals surface area contributed by atoms with E-state index in [4.69, 9.17) is 33.2 Å². The highest BCUT2D eigenvalue weighted by Gasteiger charge is 2.51. The number of cyclic esters (lactones) is 1. The first-order valence-electron chi connectivity index (χ1n) is 20.4. The molecule has 13 nitrogen and oxygen atoms in total. The standard InChI is InChI=1S/C44H72O13/c1-25-14-12-13-15-34(52-10)22-35(23-44(50)31(7)38(46)30(6)37(57-44)21-33(45)24-51-9)55-42(49)29(5)20-27(3)18-26(2)19-28(4)36(17-16-25)56-43-40(48)39(47)41(53-11)32(8)54-43/h14,16-20,28,30-41,43,45-48,50H,12-13,15,21-24H2,1-11H3/b17-16+,25-14+,26-19+,27-18+,29-20+/t28-,30+,31-,32+,33-,34-,35+,36-,37-,38+,39+,40-,41+,43+,44+/m1/s1.